The summed E-state index contributed by atoms with van der Waals surface area (Å²) in [5, 5.41) is 87.1. The summed E-state index contributed by atoms with van der Waals surface area (Å²) in [6, 6.07) is 23.6. The highest BCUT2D eigenvalue weighted by atomic mass is 32.2. The fraction of sp³-hybridized carbons (Fsp3) is 0.0526. The number of carboxylic acid groups (broad SMARTS) is 4. The number of nitrogens with two attached hydrogens (primary N) is 2. The van der Waals surface area contributed by atoms with E-state index in [-0.39, 0.29) is 23.3 Å². The van der Waals surface area contributed by atoms with Gasteiger partial charge in [0.25, 0.3) is 5.82 Å². The number of nitrogens with zero attached hydrogens (tertiary/aromatic N) is 14. The number of aromatic carboxylic acids is 4. The van der Waals surface area contributed by atoms with Crippen molar-refractivity contribution in [3.63, 3.8) is 0 Å². The molecule has 378 valence electrons. The Bertz CT molecular complexity index is 3010. The molecule has 0 atom stereocenters. The lowest BCUT2D eigenvalue weighted by molar-refractivity contribution is -0.432. The topological polar surface area (TPSA) is 531 Å². The van der Waals surface area contributed by atoms with Gasteiger partial charge in [0.05, 0.1) is 17.6 Å². The van der Waals surface area contributed by atoms with Gasteiger partial charge in [0.1, 0.15) is 37.0 Å². The van der Waals surface area contributed by atoms with E-state index < -0.39 is 35.5 Å². The maximum atomic E-state index is 10.6. The van der Waals surface area contributed by atoms with Crippen molar-refractivity contribution in [2.24, 2.45) is 0 Å². The smallest absolute Gasteiger partial charge is 0.375 e. The van der Waals surface area contributed by atoms with Crippen molar-refractivity contribution in [3.8, 4) is 34.2 Å². The van der Waals surface area contributed by atoms with Crippen LogP contribution in [0.15, 0.2) is 109 Å². The van der Waals surface area contributed by atoms with Crippen molar-refractivity contribution in [1.82, 2.24) is 106 Å². The molecule has 0 saturated heterocycles. The van der Waals surface area contributed by atoms with Crippen LogP contribution in [0.4, 0.5) is 11.9 Å². The first-order valence-electron chi connectivity index (χ1n) is 19.6. The molecule has 0 amide bonds. The molecule has 0 bridgehead atoms. The lowest BCUT2D eigenvalue weighted by Crippen LogP contribution is -2.01. The first kappa shape index (κ1) is 55.0. The summed E-state index contributed by atoms with van der Waals surface area (Å²) in [5.41, 5.74) is 13.2. The highest BCUT2D eigenvalue weighted by Gasteiger charge is 2.14. The fourth-order valence-corrected chi connectivity index (χ4v) is 4.98. The van der Waals surface area contributed by atoms with E-state index in [9.17, 15) is 19.2 Å². The second-order valence-corrected chi connectivity index (χ2v) is 13.6. The Morgan fingerprint density at radius 3 is 1.36 bits per heavy atom. The van der Waals surface area contributed by atoms with Crippen LogP contribution in [0.3, 0.4) is 0 Å². The van der Waals surface area contributed by atoms with Gasteiger partial charge in [-0.1, -0.05) is 59.6 Å². The van der Waals surface area contributed by atoms with E-state index in [1.807, 2.05) is 73.5 Å². The maximum absolute atomic E-state index is 10.6. The van der Waals surface area contributed by atoms with Crippen LogP contribution in [0.5, 0.6) is 0 Å². The van der Waals surface area contributed by atoms with Crippen molar-refractivity contribution in [3.05, 3.63) is 139 Å². The lowest BCUT2D eigenvalue weighted by atomic mass is 10.1. The van der Waals surface area contributed by atoms with Crippen molar-refractivity contribution in [1.29, 1.82) is 0 Å². The van der Waals surface area contributed by atoms with E-state index in [1.165, 1.54) is 31.1 Å². The molecule has 0 aliphatic carbocycles. The van der Waals surface area contributed by atoms with Gasteiger partial charge < -0.3 is 31.9 Å². The van der Waals surface area contributed by atoms with Gasteiger partial charge in [-0.15, -0.1) is 14.5 Å². The van der Waals surface area contributed by atoms with E-state index in [2.05, 4.69) is 111 Å². The molecule has 0 spiro atoms. The molecule has 0 saturated carbocycles. The van der Waals surface area contributed by atoms with Gasteiger partial charge in [0, 0.05) is 21.6 Å². The SMILES string of the molecule is Cc1n[nH]c(C)n1.Nc1n[nH]c(N)n1.O=C(O)c1ccc(-c2ncn[nH]2)cc1.O=C(O)c1n[nH]c(C(=O)O)n1.O=C(O)c1ncn[nH]1.OOOSc1ccc(-c2ncn[nH]2)cc1.c1ccc(-c2ncn[nH]2)cc1. The number of anilines is 2. The summed E-state index contributed by atoms with van der Waals surface area (Å²) in [7, 11) is 0. The van der Waals surface area contributed by atoms with Crippen LogP contribution in [-0.4, -0.2) is 156 Å². The van der Waals surface area contributed by atoms with Crippen molar-refractivity contribution >= 4 is 47.8 Å². The number of aromatic amines is 7. The molecule has 7 heterocycles. The molecule has 16 N–H and O–H groups in total. The molecule has 0 aliphatic heterocycles. The molecule has 34 nitrogen and oxygen atoms in total. The van der Waals surface area contributed by atoms with E-state index in [4.69, 9.17) is 37.2 Å². The fourth-order valence-electron chi connectivity index (χ4n) is 4.63. The highest BCUT2D eigenvalue weighted by molar-refractivity contribution is 7.94. The second kappa shape index (κ2) is 29.3. The number of nitrogens with one attached hydrogen (secondary N) is 7. The van der Waals surface area contributed by atoms with E-state index in [1.54, 1.807) is 12.1 Å². The molecular weight excluding hydrogens is 987 g/mol. The third kappa shape index (κ3) is 19.8. The van der Waals surface area contributed by atoms with Crippen molar-refractivity contribution < 1.29 is 54.2 Å². The van der Waals surface area contributed by atoms with E-state index >= 15 is 0 Å². The quantitative estimate of drug-likeness (QED) is 0.0532. The minimum atomic E-state index is -1.37. The number of carboxylic acids is 4. The van der Waals surface area contributed by atoms with Crippen molar-refractivity contribution in [2.75, 3.05) is 11.5 Å². The predicted octanol–water partition coefficient (Wildman–Crippen LogP) is 2.64. The Morgan fingerprint density at radius 2 is 1.04 bits per heavy atom. The number of carbonyl (C=O) groups is 4. The van der Waals surface area contributed by atoms with Gasteiger partial charge in [-0.25, -0.2) is 54.5 Å². The van der Waals surface area contributed by atoms with E-state index in [0.717, 1.165) is 57.4 Å². The Balaban J connectivity index is 0.000000188. The van der Waals surface area contributed by atoms with Crippen molar-refractivity contribution in [2.45, 2.75) is 18.7 Å². The van der Waals surface area contributed by atoms with Gasteiger partial charge in [0.2, 0.25) is 23.5 Å². The van der Waals surface area contributed by atoms with Gasteiger partial charge in [-0.05, 0) is 38.1 Å². The monoisotopic (exact) mass is 1030 g/mol. The summed E-state index contributed by atoms with van der Waals surface area (Å²) < 4.78 is 4.29. The Morgan fingerprint density at radius 1 is 0.521 bits per heavy atom. The number of aryl methyl sites for hydroxylation is 2. The first-order chi connectivity index (χ1) is 35.1. The minimum absolute atomic E-state index is 0.134. The van der Waals surface area contributed by atoms with Crippen LogP contribution in [-0.2, 0) is 9.37 Å². The number of hydrogen-bond donors (Lipinski definition) is 14. The number of aromatic nitrogens is 21. The highest BCUT2D eigenvalue weighted by Crippen LogP contribution is 2.22. The van der Waals surface area contributed by atoms with Crippen LogP contribution in [0.2, 0.25) is 0 Å². The van der Waals surface area contributed by atoms with E-state index in [0.29, 0.717) is 11.6 Å². The van der Waals surface area contributed by atoms with Crippen LogP contribution < -0.4 is 11.5 Å². The summed E-state index contributed by atoms with van der Waals surface area (Å²) >= 11 is 0.908. The molecule has 0 unspecified atom stereocenters. The number of nitrogen functional groups attached to an aromatic ring is 2. The van der Waals surface area contributed by atoms with Gasteiger partial charge in [0.15, 0.2) is 17.5 Å². The molecule has 73 heavy (non-hydrogen) atoms. The number of H-pyrrole nitrogens is 7. The zero-order chi connectivity index (χ0) is 53.0. The maximum Gasteiger partial charge on any atom is 0.375 e. The molecular formula is C38H39N23O11S. The zero-order valence-electron chi connectivity index (χ0n) is 37.3. The molecule has 3 aromatic carbocycles. The number of hydrogen-bond acceptors (Lipinski definition) is 24. The molecule has 0 fully saturated rings. The average molecular weight is 1030 g/mol. The normalized spacial score (nSPS) is 9.74. The van der Waals surface area contributed by atoms with Crippen LogP contribution in [0.1, 0.15) is 53.9 Å². The third-order valence-electron chi connectivity index (χ3n) is 7.71. The lowest BCUT2D eigenvalue weighted by Gasteiger charge is -1.99. The van der Waals surface area contributed by atoms with Gasteiger partial charge in [-0.3, -0.25) is 30.6 Å². The Kier molecular flexibility index (Phi) is 22.0. The molecule has 7 aromatic heterocycles. The molecule has 0 radical (unpaired) electrons. The first-order valence-corrected chi connectivity index (χ1v) is 20.3. The van der Waals surface area contributed by atoms with Crippen LogP contribution in [0.25, 0.3) is 34.2 Å². The number of benzene rings is 3. The predicted molar refractivity (Wildman–Crippen MR) is 248 cm³/mol. The molecule has 10 rings (SSSR count). The molecule has 35 heteroatoms. The summed E-state index contributed by atoms with van der Waals surface area (Å²) in [6.45, 7) is 3.73. The average Bonchev–Trinajstić information content (AvgIpc) is 4.25. The van der Waals surface area contributed by atoms with Gasteiger partial charge in [-0.2, -0.15) is 35.5 Å². The number of rotatable bonds is 10. The van der Waals surface area contributed by atoms with Crippen LogP contribution in [0, 0.1) is 13.8 Å². The Labute approximate surface area is 410 Å². The zero-order valence-corrected chi connectivity index (χ0v) is 38.1. The second-order valence-electron chi connectivity index (χ2n) is 12.8. The summed E-state index contributed by atoms with van der Waals surface area (Å²) in [5.74, 6) is -1.67. The Hall–Kier alpha value is -10.7. The molecule has 0 aliphatic rings. The third-order valence-corrected chi connectivity index (χ3v) is 8.31. The minimum Gasteiger partial charge on any atom is -0.478 e. The van der Waals surface area contributed by atoms with Crippen LogP contribution >= 0.6 is 12.0 Å². The standard InChI is InChI=1S/C9H7N3O2.C8H7N3O3S.C8H7N3.C4H3N3O4.C4H7N3.C3H3N3O2.C2H5N5/c13-9(14)7-3-1-6(2-4-7)8-10-5-11-12-8;12-13-14-15-7-3-1-6(2-4-7)8-9-5-10-11-8;1-2-4-7(5-3-1)8-9-6-10-11-8;8-3(9)1-5-2(4(10)11)7-6-1;1-3-5-4(2)7-6-3;7-3(8)2-4-1-5-6-2;3-1-5-2(4)7-6-1/h1-5H,(H,13,14)(H,10,11,12);1-5,12H,(H,9,10,11);1-6H,(H,9,10,11);(H,8,9)(H,10,11)(H,5,6,7);1-2H3,(H,5,6,7);1H,(H,7,8)(H,4,5,6);(H5,3,4,5,6,7). The molecule has 10 aromatic rings. The summed E-state index contributed by atoms with van der Waals surface area (Å²) in [4.78, 5) is 67.4. The van der Waals surface area contributed by atoms with Gasteiger partial charge >= 0.3 is 23.9 Å². The summed E-state index contributed by atoms with van der Waals surface area (Å²) in [6.07, 6.45) is 5.49. The largest absolute Gasteiger partial charge is 0.478 e.